The summed E-state index contributed by atoms with van der Waals surface area (Å²) in [5.74, 6) is 1.04. The number of amides is 1. The second-order valence-corrected chi connectivity index (χ2v) is 8.41. The molecule has 2 heterocycles. The Balaban J connectivity index is 1.74. The molecule has 0 aliphatic carbocycles. The largest absolute Gasteiger partial charge is 0.325 e. The average molecular weight is 413 g/mol. The Labute approximate surface area is 173 Å². The maximum Gasteiger partial charge on any atom is 0.234 e. The van der Waals surface area contributed by atoms with Crippen LogP contribution < -0.4 is 5.32 Å². The Bertz CT molecular complexity index is 990. The predicted molar refractivity (Wildman–Crippen MR) is 118 cm³/mol. The van der Waals surface area contributed by atoms with E-state index in [1.54, 1.807) is 11.3 Å². The molecule has 0 unspecified atom stereocenters. The molecule has 0 spiro atoms. The van der Waals surface area contributed by atoms with Crippen LogP contribution in [0.2, 0.25) is 0 Å². The first-order valence-corrected chi connectivity index (χ1v) is 11.0. The van der Waals surface area contributed by atoms with Crippen LogP contribution in [0.25, 0.3) is 11.4 Å². The van der Waals surface area contributed by atoms with Crippen molar-refractivity contribution in [1.29, 1.82) is 0 Å². The van der Waals surface area contributed by atoms with Crippen LogP contribution in [-0.4, -0.2) is 26.4 Å². The van der Waals surface area contributed by atoms with Crippen LogP contribution in [-0.2, 0) is 17.8 Å². The van der Waals surface area contributed by atoms with Crippen molar-refractivity contribution in [2.75, 3.05) is 11.1 Å². The minimum atomic E-state index is -0.0526. The van der Waals surface area contributed by atoms with Gasteiger partial charge in [0.2, 0.25) is 5.91 Å². The van der Waals surface area contributed by atoms with Crippen molar-refractivity contribution in [2.24, 2.45) is 0 Å². The summed E-state index contributed by atoms with van der Waals surface area (Å²) in [6.45, 7) is 10.7. The molecule has 3 aromatic rings. The van der Waals surface area contributed by atoms with Crippen molar-refractivity contribution in [3.05, 3.63) is 58.3 Å². The number of benzene rings is 1. The van der Waals surface area contributed by atoms with Gasteiger partial charge in [-0.15, -0.1) is 28.1 Å². The van der Waals surface area contributed by atoms with E-state index in [2.05, 4.69) is 48.2 Å². The molecule has 0 bridgehead atoms. The molecule has 146 valence electrons. The molecule has 2 aromatic heterocycles. The zero-order valence-electron chi connectivity index (χ0n) is 16.4. The minimum Gasteiger partial charge on any atom is -0.325 e. The number of rotatable bonds is 8. The monoisotopic (exact) mass is 412 g/mol. The van der Waals surface area contributed by atoms with E-state index >= 15 is 0 Å². The molecule has 0 radical (unpaired) electrons. The Kier molecular flexibility index (Phi) is 6.70. The van der Waals surface area contributed by atoms with Crippen molar-refractivity contribution in [2.45, 2.75) is 38.9 Å². The van der Waals surface area contributed by atoms with Crippen LogP contribution in [0.4, 0.5) is 5.69 Å². The van der Waals surface area contributed by atoms with Gasteiger partial charge in [0.25, 0.3) is 0 Å². The van der Waals surface area contributed by atoms with E-state index in [4.69, 9.17) is 0 Å². The molecule has 7 heteroatoms. The second kappa shape index (κ2) is 9.21. The minimum absolute atomic E-state index is 0.0526. The molecule has 0 saturated heterocycles. The number of para-hydroxylation sites is 1. The average Bonchev–Trinajstić information content (AvgIpc) is 3.24. The molecule has 0 aliphatic heterocycles. The molecule has 0 saturated carbocycles. The molecular formula is C21H24N4OS2. The van der Waals surface area contributed by atoms with Gasteiger partial charge < -0.3 is 5.32 Å². The van der Waals surface area contributed by atoms with Crippen molar-refractivity contribution < 1.29 is 4.79 Å². The lowest BCUT2D eigenvalue weighted by molar-refractivity contribution is -0.113. The molecule has 0 fully saturated rings. The van der Waals surface area contributed by atoms with Gasteiger partial charge in [-0.3, -0.25) is 9.36 Å². The number of nitrogens with one attached hydrogen (secondary N) is 1. The number of hydrogen-bond donors (Lipinski definition) is 1. The predicted octanol–water partition coefficient (Wildman–Crippen LogP) is 5.10. The topological polar surface area (TPSA) is 59.8 Å². The number of anilines is 1. The molecule has 1 amide bonds. The van der Waals surface area contributed by atoms with E-state index in [0.29, 0.717) is 6.54 Å². The fraction of sp³-hybridized carbons (Fsp3) is 0.286. The maximum atomic E-state index is 12.4. The van der Waals surface area contributed by atoms with E-state index < -0.39 is 0 Å². The second-order valence-electron chi connectivity index (χ2n) is 6.38. The summed E-state index contributed by atoms with van der Waals surface area (Å²) in [7, 11) is 0. The van der Waals surface area contributed by atoms with Crippen molar-refractivity contribution in [3.8, 4) is 11.4 Å². The van der Waals surface area contributed by atoms with Crippen molar-refractivity contribution >= 4 is 34.7 Å². The zero-order valence-corrected chi connectivity index (χ0v) is 18.0. The third kappa shape index (κ3) is 4.36. The highest BCUT2D eigenvalue weighted by Gasteiger charge is 2.18. The molecule has 5 nitrogen and oxygen atoms in total. The van der Waals surface area contributed by atoms with E-state index in [1.807, 2.05) is 34.9 Å². The van der Waals surface area contributed by atoms with Gasteiger partial charge in [0, 0.05) is 28.1 Å². The summed E-state index contributed by atoms with van der Waals surface area (Å²) >= 11 is 3.10. The summed E-state index contributed by atoms with van der Waals surface area (Å²) in [6, 6.07) is 7.87. The van der Waals surface area contributed by atoms with E-state index in [1.165, 1.54) is 22.2 Å². The van der Waals surface area contributed by atoms with Crippen molar-refractivity contribution in [3.63, 3.8) is 0 Å². The number of thiophene rings is 1. The third-order valence-electron chi connectivity index (χ3n) is 4.56. The standard InChI is InChI=1S/C21H24N4OS2/c1-5-11-25-20(17-12-27-15(4)14(17)3)23-24-21(25)28-13-19(26)22-18-10-8-7-9-16(18)6-2/h5,7-10,12H,1,6,11,13H2,2-4H3,(H,22,26). The lowest BCUT2D eigenvalue weighted by Gasteiger charge is -2.10. The van der Waals surface area contributed by atoms with Gasteiger partial charge in [-0.25, -0.2) is 0 Å². The highest BCUT2D eigenvalue weighted by Crippen LogP contribution is 2.31. The highest BCUT2D eigenvalue weighted by molar-refractivity contribution is 7.99. The molecular weight excluding hydrogens is 388 g/mol. The van der Waals surface area contributed by atoms with Gasteiger partial charge in [0.05, 0.1) is 5.75 Å². The molecule has 3 rings (SSSR count). The van der Waals surface area contributed by atoms with Crippen LogP contribution in [0.3, 0.4) is 0 Å². The third-order valence-corrected chi connectivity index (χ3v) is 6.54. The van der Waals surface area contributed by atoms with E-state index in [-0.39, 0.29) is 11.7 Å². The quantitative estimate of drug-likeness (QED) is 0.413. The van der Waals surface area contributed by atoms with Crippen LogP contribution in [0.1, 0.15) is 22.9 Å². The Morgan fingerprint density at radius 3 is 2.79 bits per heavy atom. The van der Waals surface area contributed by atoms with Gasteiger partial charge >= 0.3 is 0 Å². The highest BCUT2D eigenvalue weighted by atomic mass is 32.2. The fourth-order valence-electron chi connectivity index (χ4n) is 2.89. The fourth-order valence-corrected chi connectivity index (χ4v) is 4.50. The van der Waals surface area contributed by atoms with Gasteiger partial charge in [-0.2, -0.15) is 0 Å². The smallest absolute Gasteiger partial charge is 0.234 e. The van der Waals surface area contributed by atoms with E-state index in [0.717, 1.165) is 34.2 Å². The summed E-state index contributed by atoms with van der Waals surface area (Å²) in [4.78, 5) is 13.7. The van der Waals surface area contributed by atoms with Crippen LogP contribution >= 0.6 is 23.1 Å². The first-order valence-electron chi connectivity index (χ1n) is 9.14. The lowest BCUT2D eigenvalue weighted by Crippen LogP contribution is -2.15. The number of thioether (sulfide) groups is 1. The maximum absolute atomic E-state index is 12.4. The number of carbonyl (C=O) groups is 1. The number of carbonyl (C=O) groups excluding carboxylic acids is 1. The Morgan fingerprint density at radius 1 is 1.32 bits per heavy atom. The number of aryl methyl sites for hydroxylation is 2. The van der Waals surface area contributed by atoms with Gasteiger partial charge in [0.15, 0.2) is 11.0 Å². The summed E-state index contributed by atoms with van der Waals surface area (Å²) in [5.41, 5.74) is 4.30. The summed E-state index contributed by atoms with van der Waals surface area (Å²) in [5, 5.41) is 14.5. The number of allylic oxidation sites excluding steroid dienone is 1. The molecule has 0 atom stereocenters. The zero-order chi connectivity index (χ0) is 20.1. The van der Waals surface area contributed by atoms with Crippen LogP contribution in [0.15, 0.2) is 47.5 Å². The molecule has 1 aromatic carbocycles. The van der Waals surface area contributed by atoms with Crippen molar-refractivity contribution in [1.82, 2.24) is 14.8 Å². The normalized spacial score (nSPS) is 10.8. The molecule has 0 aliphatic rings. The SMILES string of the molecule is C=CCn1c(SCC(=O)Nc2ccccc2CC)nnc1-c1csc(C)c1C. The Morgan fingerprint density at radius 2 is 2.11 bits per heavy atom. The van der Waals surface area contributed by atoms with E-state index in [9.17, 15) is 4.79 Å². The van der Waals surface area contributed by atoms with Crippen LogP contribution in [0.5, 0.6) is 0 Å². The Hall–Kier alpha value is -2.38. The summed E-state index contributed by atoms with van der Waals surface area (Å²) < 4.78 is 2.01. The first-order chi connectivity index (χ1) is 13.5. The molecule has 28 heavy (non-hydrogen) atoms. The summed E-state index contributed by atoms with van der Waals surface area (Å²) in [6.07, 6.45) is 2.70. The molecule has 1 N–H and O–H groups in total. The number of nitrogens with zero attached hydrogens (tertiary/aromatic N) is 3. The lowest BCUT2D eigenvalue weighted by atomic mass is 10.1. The van der Waals surface area contributed by atoms with Gasteiger partial charge in [-0.1, -0.05) is 43.0 Å². The first kappa shape index (κ1) is 20.4. The van der Waals surface area contributed by atoms with Crippen LogP contribution in [0, 0.1) is 13.8 Å². The number of aromatic nitrogens is 3. The number of hydrogen-bond acceptors (Lipinski definition) is 5. The van der Waals surface area contributed by atoms with Gasteiger partial charge in [-0.05, 0) is 37.5 Å². The van der Waals surface area contributed by atoms with Gasteiger partial charge in [0.1, 0.15) is 0 Å².